The van der Waals surface area contributed by atoms with E-state index in [-0.39, 0.29) is 35.9 Å². The second-order valence-electron chi connectivity index (χ2n) is 10.7. The Balaban J connectivity index is 1.10. The molecule has 2 aromatic heterocycles. The Morgan fingerprint density at radius 3 is 2.56 bits per heavy atom. The second kappa shape index (κ2) is 10.3. The van der Waals surface area contributed by atoms with Crippen LogP contribution in [0.2, 0.25) is 0 Å². The summed E-state index contributed by atoms with van der Waals surface area (Å²) in [4.78, 5) is 67.8. The highest BCUT2D eigenvalue weighted by molar-refractivity contribution is 6.23. The zero-order chi connectivity index (χ0) is 28.8. The summed E-state index contributed by atoms with van der Waals surface area (Å²) in [6.45, 7) is 2.56. The first-order valence-electron chi connectivity index (χ1n) is 13.6. The molecule has 1 saturated carbocycles. The molecule has 2 aliphatic heterocycles. The van der Waals surface area contributed by atoms with Gasteiger partial charge in [-0.15, -0.1) is 0 Å². The molecule has 0 radical (unpaired) electrons. The third-order valence-corrected chi connectivity index (χ3v) is 7.96. The third kappa shape index (κ3) is 4.75. The van der Waals surface area contributed by atoms with Gasteiger partial charge in [-0.1, -0.05) is 6.07 Å². The zero-order valence-corrected chi connectivity index (χ0v) is 22.6. The number of benzene rings is 1. The summed E-state index contributed by atoms with van der Waals surface area (Å²) in [6, 6.07) is 9.82. The molecule has 0 spiro atoms. The van der Waals surface area contributed by atoms with Crippen LogP contribution >= 0.6 is 0 Å². The molecule has 1 aliphatic carbocycles. The third-order valence-electron chi connectivity index (χ3n) is 7.96. The van der Waals surface area contributed by atoms with Crippen LogP contribution < -0.4 is 16.0 Å². The lowest BCUT2D eigenvalue weighted by Crippen LogP contribution is -2.54. The van der Waals surface area contributed by atoms with Gasteiger partial charge in [-0.2, -0.15) is 5.10 Å². The zero-order valence-electron chi connectivity index (χ0n) is 22.6. The number of nitrogens with zero attached hydrogens (tertiary/aromatic N) is 4. The number of hydrogen-bond acceptors (Lipinski definition) is 8. The lowest BCUT2D eigenvalue weighted by atomic mass is 9.80. The monoisotopic (exact) mass is 555 g/mol. The first kappa shape index (κ1) is 26.4. The molecule has 12 heteroatoms. The second-order valence-corrected chi connectivity index (χ2v) is 10.7. The number of aryl methyl sites for hydroxylation is 1. The molecule has 3 aliphatic rings. The average molecular weight is 556 g/mol. The Morgan fingerprint density at radius 1 is 1.05 bits per heavy atom. The molecule has 3 aromatic rings. The highest BCUT2D eigenvalue weighted by Gasteiger charge is 2.44. The maximum atomic E-state index is 13.1. The summed E-state index contributed by atoms with van der Waals surface area (Å²) in [7, 11) is 1.58. The van der Waals surface area contributed by atoms with Gasteiger partial charge in [0.2, 0.25) is 11.8 Å². The first-order chi connectivity index (χ1) is 19.7. The van der Waals surface area contributed by atoms with Gasteiger partial charge in [0.05, 0.1) is 28.4 Å². The minimum atomic E-state index is -0.989. The molecule has 41 heavy (non-hydrogen) atoms. The van der Waals surface area contributed by atoms with Crippen molar-refractivity contribution in [2.75, 3.05) is 18.9 Å². The number of nitrogens with one attached hydrogen (secondary N) is 3. The lowest BCUT2D eigenvalue weighted by Gasteiger charge is -2.35. The SMILES string of the molecule is CNC(=O)c1nn(C2CC(CNc3ccc4c(c3)C(=O)N(C3CCC(=O)NC3=O)C4=O)C2)cc1-c1cccc(C)n1. The first-order valence-corrected chi connectivity index (χ1v) is 13.6. The average Bonchev–Trinajstić information content (AvgIpc) is 3.47. The van der Waals surface area contributed by atoms with Crippen molar-refractivity contribution in [3.8, 4) is 11.3 Å². The Labute approximate surface area is 235 Å². The maximum absolute atomic E-state index is 13.1. The van der Waals surface area contributed by atoms with Crippen LogP contribution in [-0.4, -0.2) is 68.8 Å². The number of imide groups is 2. The molecule has 6 rings (SSSR count). The fourth-order valence-corrected chi connectivity index (χ4v) is 5.67. The van der Waals surface area contributed by atoms with Crippen LogP contribution in [0.5, 0.6) is 0 Å². The molecule has 4 heterocycles. The minimum absolute atomic E-state index is 0.0781. The van der Waals surface area contributed by atoms with Crippen molar-refractivity contribution in [3.05, 3.63) is 65.1 Å². The van der Waals surface area contributed by atoms with E-state index in [0.29, 0.717) is 35.1 Å². The topological polar surface area (TPSA) is 155 Å². The van der Waals surface area contributed by atoms with Gasteiger partial charge >= 0.3 is 0 Å². The van der Waals surface area contributed by atoms with Gasteiger partial charge in [-0.05, 0) is 62.4 Å². The van der Waals surface area contributed by atoms with Crippen LogP contribution in [0.1, 0.15) is 68.6 Å². The van der Waals surface area contributed by atoms with E-state index in [9.17, 15) is 24.0 Å². The molecule has 3 N–H and O–H groups in total. The van der Waals surface area contributed by atoms with E-state index in [0.717, 1.165) is 23.4 Å². The van der Waals surface area contributed by atoms with Crippen LogP contribution in [0.25, 0.3) is 11.3 Å². The van der Waals surface area contributed by atoms with Gasteiger partial charge in [0.25, 0.3) is 17.7 Å². The molecule has 1 atom stereocenters. The fourth-order valence-electron chi connectivity index (χ4n) is 5.67. The number of aromatic nitrogens is 3. The number of piperidine rings is 1. The number of carbonyl (C=O) groups is 5. The van der Waals surface area contributed by atoms with Gasteiger partial charge in [-0.3, -0.25) is 43.9 Å². The minimum Gasteiger partial charge on any atom is -0.385 e. The summed E-state index contributed by atoms with van der Waals surface area (Å²) in [5.74, 6) is -2.01. The highest BCUT2D eigenvalue weighted by atomic mass is 16.2. The van der Waals surface area contributed by atoms with E-state index in [2.05, 4.69) is 26.0 Å². The van der Waals surface area contributed by atoms with Crippen LogP contribution in [0.3, 0.4) is 0 Å². The van der Waals surface area contributed by atoms with E-state index in [4.69, 9.17) is 0 Å². The predicted octanol–water partition coefficient (Wildman–Crippen LogP) is 2.08. The van der Waals surface area contributed by atoms with Gasteiger partial charge in [0.15, 0.2) is 5.69 Å². The molecule has 0 bridgehead atoms. The van der Waals surface area contributed by atoms with Crippen molar-refractivity contribution >= 4 is 35.2 Å². The summed E-state index contributed by atoms with van der Waals surface area (Å²) < 4.78 is 1.85. The van der Waals surface area contributed by atoms with Crippen molar-refractivity contribution in [2.24, 2.45) is 5.92 Å². The van der Waals surface area contributed by atoms with E-state index in [1.165, 1.54) is 0 Å². The standard InChI is InChI=1S/C29H29N7O5/c1-15-4-3-5-22(32-15)21-14-35(34-25(21)27(39)30-2)18-10-16(11-18)13-31-17-6-7-19-20(12-17)29(41)36(28(19)40)23-8-9-24(37)33-26(23)38/h3-7,12,14,16,18,23,31H,8-11,13H2,1-2H3,(H,30,39)(H,33,37,38). The molecule has 12 nitrogen and oxygen atoms in total. The molecular weight excluding hydrogens is 526 g/mol. The van der Waals surface area contributed by atoms with Crippen LogP contribution in [0, 0.1) is 12.8 Å². The quantitative estimate of drug-likeness (QED) is 0.374. The van der Waals surface area contributed by atoms with Gasteiger partial charge in [-0.25, -0.2) is 0 Å². The molecule has 210 valence electrons. The van der Waals surface area contributed by atoms with Crippen molar-refractivity contribution < 1.29 is 24.0 Å². The Bertz CT molecular complexity index is 1610. The number of carbonyl (C=O) groups excluding carboxylic acids is 5. The smallest absolute Gasteiger partial charge is 0.272 e. The molecule has 1 unspecified atom stereocenters. The van der Waals surface area contributed by atoms with E-state index in [1.54, 1.807) is 25.2 Å². The number of amides is 5. The summed E-state index contributed by atoms with van der Waals surface area (Å²) in [6.07, 6.45) is 3.79. The molecule has 2 fully saturated rings. The number of fused-ring (bicyclic) bond motifs is 1. The van der Waals surface area contributed by atoms with Crippen molar-refractivity contribution in [1.29, 1.82) is 0 Å². The largest absolute Gasteiger partial charge is 0.385 e. The molecule has 5 amide bonds. The van der Waals surface area contributed by atoms with Crippen LogP contribution in [-0.2, 0) is 9.59 Å². The Kier molecular flexibility index (Phi) is 6.60. The molecule has 1 saturated heterocycles. The fraction of sp³-hybridized carbons (Fsp3) is 0.345. The summed E-state index contributed by atoms with van der Waals surface area (Å²) >= 11 is 0. The summed E-state index contributed by atoms with van der Waals surface area (Å²) in [5.41, 5.74) is 3.79. The Morgan fingerprint density at radius 2 is 1.83 bits per heavy atom. The number of anilines is 1. The molecule has 1 aromatic carbocycles. The maximum Gasteiger partial charge on any atom is 0.272 e. The normalized spacial score (nSPS) is 21.8. The van der Waals surface area contributed by atoms with Crippen molar-refractivity contribution in [3.63, 3.8) is 0 Å². The van der Waals surface area contributed by atoms with Crippen molar-refractivity contribution in [2.45, 2.75) is 44.7 Å². The van der Waals surface area contributed by atoms with E-state index in [1.807, 2.05) is 36.0 Å². The van der Waals surface area contributed by atoms with E-state index >= 15 is 0 Å². The number of pyridine rings is 1. The predicted molar refractivity (Wildman–Crippen MR) is 147 cm³/mol. The van der Waals surface area contributed by atoms with Crippen LogP contribution in [0.4, 0.5) is 5.69 Å². The summed E-state index contributed by atoms with van der Waals surface area (Å²) in [5, 5.41) is 12.8. The highest BCUT2D eigenvalue weighted by Crippen LogP contribution is 2.39. The van der Waals surface area contributed by atoms with Gasteiger partial charge < -0.3 is 10.6 Å². The lowest BCUT2D eigenvalue weighted by molar-refractivity contribution is -0.136. The number of rotatable bonds is 7. The molecular formula is C29H29N7O5. The van der Waals surface area contributed by atoms with E-state index < -0.39 is 29.7 Å². The van der Waals surface area contributed by atoms with Crippen molar-refractivity contribution in [1.82, 2.24) is 30.3 Å². The Hall–Kier alpha value is -4.87. The van der Waals surface area contributed by atoms with Crippen LogP contribution in [0.15, 0.2) is 42.6 Å². The van der Waals surface area contributed by atoms with Gasteiger partial charge in [0.1, 0.15) is 6.04 Å². The van der Waals surface area contributed by atoms with Gasteiger partial charge in [0, 0.05) is 37.6 Å². The number of hydrogen-bond donors (Lipinski definition) is 3.